The maximum Gasteiger partial charge on any atom is 0.0456 e. The van der Waals surface area contributed by atoms with Gasteiger partial charge >= 0.3 is 0 Å². The molecule has 1 unspecified atom stereocenters. The number of hydrogen-bond donors (Lipinski definition) is 2. The molecule has 1 saturated carbocycles. The molecule has 1 aliphatic rings. The van der Waals surface area contributed by atoms with Crippen LogP contribution in [0.1, 0.15) is 56.6 Å². The van der Waals surface area contributed by atoms with Gasteiger partial charge in [-0.05, 0) is 50.6 Å². The summed E-state index contributed by atoms with van der Waals surface area (Å²) in [7, 11) is 0. The predicted octanol–water partition coefficient (Wildman–Crippen LogP) is 3.81. The number of aliphatic hydroxyl groups excluding tert-OH is 1. The summed E-state index contributed by atoms with van der Waals surface area (Å²) in [5, 5.41) is 12.7. The van der Waals surface area contributed by atoms with Gasteiger partial charge in [-0.15, -0.1) is 0 Å². The summed E-state index contributed by atoms with van der Waals surface area (Å²) in [6.45, 7) is 6.82. The van der Waals surface area contributed by atoms with Gasteiger partial charge in [-0.2, -0.15) is 0 Å². The standard InChI is InChI=1S/C19H31NO/c1-16-7-9-18(10-8-16)19(11-5-12-19)15-20-13-4-3-6-17(2)14-21/h7-10,17,20-21H,3-6,11-15H2,1-2H3. The smallest absolute Gasteiger partial charge is 0.0456 e. The van der Waals surface area contributed by atoms with E-state index >= 15 is 0 Å². The van der Waals surface area contributed by atoms with Crippen LogP contribution in [0.5, 0.6) is 0 Å². The Kier molecular flexibility index (Phi) is 6.25. The van der Waals surface area contributed by atoms with Crippen molar-refractivity contribution in [1.29, 1.82) is 0 Å². The molecule has 1 atom stereocenters. The molecule has 0 heterocycles. The van der Waals surface area contributed by atoms with Crippen LogP contribution >= 0.6 is 0 Å². The highest BCUT2D eigenvalue weighted by Crippen LogP contribution is 2.43. The van der Waals surface area contributed by atoms with Crippen molar-refractivity contribution in [3.63, 3.8) is 0 Å². The summed E-state index contributed by atoms with van der Waals surface area (Å²) < 4.78 is 0. The Morgan fingerprint density at radius 3 is 2.48 bits per heavy atom. The number of aryl methyl sites for hydroxylation is 1. The maximum atomic E-state index is 9.01. The van der Waals surface area contributed by atoms with E-state index in [2.05, 4.69) is 43.4 Å². The first-order chi connectivity index (χ1) is 10.2. The monoisotopic (exact) mass is 289 g/mol. The third-order valence-corrected chi connectivity index (χ3v) is 5.05. The number of aliphatic hydroxyl groups is 1. The van der Waals surface area contributed by atoms with Gasteiger partial charge < -0.3 is 10.4 Å². The highest BCUT2D eigenvalue weighted by Gasteiger charge is 2.37. The Morgan fingerprint density at radius 2 is 1.90 bits per heavy atom. The minimum atomic E-state index is 0.323. The number of benzene rings is 1. The van der Waals surface area contributed by atoms with Crippen molar-refractivity contribution in [1.82, 2.24) is 5.32 Å². The fourth-order valence-electron chi connectivity index (χ4n) is 3.24. The normalized spacial score (nSPS) is 18.2. The summed E-state index contributed by atoms with van der Waals surface area (Å²) in [6.07, 6.45) is 7.58. The molecule has 2 heteroatoms. The van der Waals surface area contributed by atoms with Crippen molar-refractivity contribution in [2.75, 3.05) is 19.7 Å². The maximum absolute atomic E-state index is 9.01. The van der Waals surface area contributed by atoms with Crippen molar-refractivity contribution in [2.24, 2.45) is 5.92 Å². The number of rotatable bonds is 9. The van der Waals surface area contributed by atoms with E-state index < -0.39 is 0 Å². The van der Waals surface area contributed by atoms with Gasteiger partial charge in [0, 0.05) is 18.6 Å². The highest BCUT2D eigenvalue weighted by atomic mass is 16.3. The van der Waals surface area contributed by atoms with Gasteiger partial charge in [0.05, 0.1) is 0 Å². The van der Waals surface area contributed by atoms with E-state index in [1.807, 2.05) is 0 Å². The van der Waals surface area contributed by atoms with Gasteiger partial charge in [0.25, 0.3) is 0 Å². The molecule has 0 spiro atoms. The van der Waals surface area contributed by atoms with Crippen LogP contribution in [0.2, 0.25) is 0 Å². The van der Waals surface area contributed by atoms with Gasteiger partial charge in [0.1, 0.15) is 0 Å². The first-order valence-electron chi connectivity index (χ1n) is 8.55. The van der Waals surface area contributed by atoms with E-state index in [4.69, 9.17) is 5.11 Å². The third-order valence-electron chi connectivity index (χ3n) is 5.05. The molecule has 0 radical (unpaired) electrons. The fourth-order valence-corrected chi connectivity index (χ4v) is 3.24. The molecule has 0 aliphatic heterocycles. The van der Waals surface area contributed by atoms with Gasteiger partial charge in [-0.25, -0.2) is 0 Å². The van der Waals surface area contributed by atoms with Crippen LogP contribution < -0.4 is 5.32 Å². The van der Waals surface area contributed by atoms with Crippen LogP contribution in [0.4, 0.5) is 0 Å². The summed E-state index contributed by atoms with van der Waals surface area (Å²) in [5.74, 6) is 0.454. The zero-order valence-electron chi connectivity index (χ0n) is 13.7. The molecule has 2 N–H and O–H groups in total. The Bertz CT molecular complexity index is 408. The number of unbranched alkanes of at least 4 members (excludes halogenated alkanes) is 1. The molecular weight excluding hydrogens is 258 g/mol. The lowest BCUT2D eigenvalue weighted by Crippen LogP contribution is -2.44. The summed E-state index contributed by atoms with van der Waals surface area (Å²) in [5.41, 5.74) is 3.26. The Hall–Kier alpha value is -0.860. The average Bonchev–Trinajstić information content (AvgIpc) is 2.46. The zero-order chi connectivity index (χ0) is 15.1. The van der Waals surface area contributed by atoms with Crippen molar-refractivity contribution in [2.45, 2.75) is 57.8 Å². The Morgan fingerprint density at radius 1 is 1.19 bits per heavy atom. The van der Waals surface area contributed by atoms with E-state index in [0.717, 1.165) is 19.5 Å². The molecule has 0 saturated heterocycles. The lowest BCUT2D eigenvalue weighted by atomic mass is 9.64. The highest BCUT2D eigenvalue weighted by molar-refractivity contribution is 5.31. The molecule has 21 heavy (non-hydrogen) atoms. The molecule has 0 bridgehead atoms. The first kappa shape index (κ1) is 16.5. The van der Waals surface area contributed by atoms with Gasteiger partial charge in [0.2, 0.25) is 0 Å². The van der Waals surface area contributed by atoms with E-state index in [-0.39, 0.29) is 0 Å². The second kappa shape index (κ2) is 7.95. The fraction of sp³-hybridized carbons (Fsp3) is 0.684. The van der Waals surface area contributed by atoms with Crippen molar-refractivity contribution < 1.29 is 5.11 Å². The van der Waals surface area contributed by atoms with Gasteiger partial charge in [0.15, 0.2) is 0 Å². The van der Waals surface area contributed by atoms with Crippen LogP contribution in [0.25, 0.3) is 0 Å². The van der Waals surface area contributed by atoms with E-state index in [9.17, 15) is 0 Å². The molecule has 1 aromatic rings. The summed E-state index contributed by atoms with van der Waals surface area (Å²) in [6, 6.07) is 9.12. The zero-order valence-corrected chi connectivity index (χ0v) is 13.7. The minimum Gasteiger partial charge on any atom is -0.396 e. The second-order valence-electron chi connectivity index (χ2n) is 6.96. The van der Waals surface area contributed by atoms with Crippen LogP contribution in [-0.2, 0) is 5.41 Å². The van der Waals surface area contributed by atoms with E-state index in [1.54, 1.807) is 0 Å². The lowest BCUT2D eigenvalue weighted by Gasteiger charge is -2.43. The quantitative estimate of drug-likeness (QED) is 0.678. The number of nitrogens with one attached hydrogen (secondary N) is 1. The molecule has 0 amide bonds. The molecule has 118 valence electrons. The first-order valence-corrected chi connectivity index (χ1v) is 8.55. The third kappa shape index (κ3) is 4.55. The van der Waals surface area contributed by atoms with Crippen molar-refractivity contribution in [3.8, 4) is 0 Å². The van der Waals surface area contributed by atoms with Crippen LogP contribution in [0.3, 0.4) is 0 Å². The molecule has 1 aromatic carbocycles. The van der Waals surface area contributed by atoms with E-state index in [0.29, 0.717) is 17.9 Å². The second-order valence-corrected chi connectivity index (χ2v) is 6.96. The molecular formula is C19H31NO. The van der Waals surface area contributed by atoms with Crippen LogP contribution in [-0.4, -0.2) is 24.8 Å². The number of hydrogen-bond acceptors (Lipinski definition) is 2. The van der Waals surface area contributed by atoms with E-state index in [1.165, 1.54) is 43.2 Å². The largest absolute Gasteiger partial charge is 0.396 e. The Balaban J connectivity index is 1.72. The molecule has 1 fully saturated rings. The minimum absolute atomic E-state index is 0.323. The van der Waals surface area contributed by atoms with Crippen molar-refractivity contribution >= 4 is 0 Å². The Labute approximate surface area is 130 Å². The lowest BCUT2D eigenvalue weighted by molar-refractivity contribution is 0.224. The predicted molar refractivity (Wildman–Crippen MR) is 89.7 cm³/mol. The van der Waals surface area contributed by atoms with Gasteiger partial charge in [-0.1, -0.05) is 49.6 Å². The SMILES string of the molecule is Cc1ccc(C2(CNCCCCC(C)CO)CCC2)cc1. The summed E-state index contributed by atoms with van der Waals surface area (Å²) >= 11 is 0. The van der Waals surface area contributed by atoms with Gasteiger partial charge in [-0.3, -0.25) is 0 Å². The molecule has 0 aromatic heterocycles. The molecule has 2 rings (SSSR count). The molecule has 1 aliphatic carbocycles. The topological polar surface area (TPSA) is 32.3 Å². The van der Waals surface area contributed by atoms with Crippen LogP contribution in [0.15, 0.2) is 24.3 Å². The molecule has 2 nitrogen and oxygen atoms in total. The average molecular weight is 289 g/mol. The summed E-state index contributed by atoms with van der Waals surface area (Å²) in [4.78, 5) is 0. The van der Waals surface area contributed by atoms with Crippen LogP contribution in [0, 0.1) is 12.8 Å². The van der Waals surface area contributed by atoms with Crippen molar-refractivity contribution in [3.05, 3.63) is 35.4 Å².